The van der Waals surface area contributed by atoms with Crippen molar-refractivity contribution >= 4 is 34.3 Å². The number of carbonyl (C=O) groups excluding carboxylic acids is 1. The zero-order valence-electron chi connectivity index (χ0n) is 17.7. The fourth-order valence-corrected chi connectivity index (χ4v) is 3.39. The molecular formula is C22H20FN3O5S. The van der Waals surface area contributed by atoms with Gasteiger partial charge in [-0.2, -0.15) is 10.3 Å². The van der Waals surface area contributed by atoms with Crippen LogP contribution in [0.1, 0.15) is 17.5 Å². The van der Waals surface area contributed by atoms with Crippen LogP contribution in [0, 0.1) is 17.1 Å². The molecule has 32 heavy (non-hydrogen) atoms. The van der Waals surface area contributed by atoms with Crippen LogP contribution in [-0.2, 0) is 4.74 Å². The van der Waals surface area contributed by atoms with Crippen LogP contribution in [0.2, 0.25) is 0 Å². The lowest BCUT2D eigenvalue weighted by Gasteiger charge is -2.17. The molecule has 0 atom stereocenters. The molecule has 1 aliphatic rings. The maximum atomic E-state index is 15.7. The minimum absolute atomic E-state index is 0.00691. The smallest absolute Gasteiger partial charge is 0.434 e. The van der Waals surface area contributed by atoms with Crippen molar-refractivity contribution in [3.63, 3.8) is 0 Å². The Hall–Kier alpha value is -3.58. The lowest BCUT2D eigenvalue weighted by molar-refractivity contribution is 0.183. The second kappa shape index (κ2) is 10.6. The molecule has 0 fully saturated rings. The van der Waals surface area contributed by atoms with Gasteiger partial charge < -0.3 is 18.9 Å². The molecule has 8 nitrogen and oxygen atoms in total. The normalized spacial score (nSPS) is 13.7. The summed E-state index contributed by atoms with van der Waals surface area (Å²) in [5.74, 6) is -0.395. The molecule has 1 aliphatic heterocycles. The highest BCUT2D eigenvalue weighted by Gasteiger charge is 2.28. The molecule has 0 saturated heterocycles. The summed E-state index contributed by atoms with van der Waals surface area (Å²) in [6.45, 7) is 0.623. The summed E-state index contributed by atoms with van der Waals surface area (Å²) >= 11 is 1.09. The predicted octanol–water partition coefficient (Wildman–Crippen LogP) is 4.52. The van der Waals surface area contributed by atoms with Gasteiger partial charge in [0, 0.05) is 12.0 Å². The highest BCUT2D eigenvalue weighted by molar-refractivity contribution is 8.15. The molecule has 0 aliphatic carbocycles. The number of benzene rings is 2. The number of hydrogen-bond acceptors (Lipinski definition) is 8. The number of amides is 1. The average Bonchev–Trinajstić information content (AvgIpc) is 3.09. The second-order valence-corrected chi connectivity index (χ2v) is 7.15. The van der Waals surface area contributed by atoms with E-state index in [-0.39, 0.29) is 40.2 Å². The van der Waals surface area contributed by atoms with Gasteiger partial charge in [0.2, 0.25) is 11.5 Å². The molecule has 3 rings (SSSR count). The van der Waals surface area contributed by atoms with E-state index < -0.39 is 11.9 Å². The Kier molecular flexibility index (Phi) is 7.68. The van der Waals surface area contributed by atoms with Crippen molar-refractivity contribution < 1.29 is 28.1 Å². The molecule has 1 heterocycles. The SMILES string of the molecule is COC(=O)N=C(SC)C(=Nc1ccc(C#N)cc1)c1cc(OC)c2c(c1F)OCCCO2. The molecule has 0 aromatic heterocycles. The molecule has 1 amide bonds. The van der Waals surface area contributed by atoms with Crippen LogP contribution in [0.25, 0.3) is 0 Å². The molecule has 0 spiro atoms. The number of aliphatic imine (C=N–C) groups is 2. The Labute approximate surface area is 188 Å². The number of nitrogens with zero attached hydrogens (tertiary/aromatic N) is 3. The van der Waals surface area contributed by atoms with Gasteiger partial charge in [-0.05, 0) is 36.6 Å². The zero-order chi connectivity index (χ0) is 23.1. The van der Waals surface area contributed by atoms with Crippen LogP contribution >= 0.6 is 11.8 Å². The molecule has 0 unspecified atom stereocenters. The van der Waals surface area contributed by atoms with Gasteiger partial charge in [-0.1, -0.05) is 0 Å². The minimum atomic E-state index is -0.858. The van der Waals surface area contributed by atoms with E-state index in [1.807, 2.05) is 6.07 Å². The summed E-state index contributed by atoms with van der Waals surface area (Å²) in [6, 6.07) is 9.82. The van der Waals surface area contributed by atoms with Crippen LogP contribution in [0.4, 0.5) is 14.9 Å². The summed E-state index contributed by atoms with van der Waals surface area (Å²) in [5.41, 5.74) is 0.949. The fraction of sp³-hybridized carbons (Fsp3) is 0.273. The van der Waals surface area contributed by atoms with Crippen LogP contribution in [0.15, 0.2) is 40.3 Å². The molecule has 0 radical (unpaired) electrons. The standard InChI is InChI=1S/C22H20FN3O5S/c1-28-16-11-15(17(23)20-19(16)30-9-4-10-31-20)18(21(32-3)26-22(27)29-2)25-14-7-5-13(12-24)6-8-14/h5-8,11H,4,9-10H2,1-3H3. The van der Waals surface area contributed by atoms with E-state index in [0.717, 1.165) is 11.8 Å². The van der Waals surface area contributed by atoms with Crippen LogP contribution in [-0.4, -0.2) is 50.5 Å². The number of nitriles is 1. The molecular weight excluding hydrogens is 437 g/mol. The first kappa shape index (κ1) is 23.1. The predicted molar refractivity (Wildman–Crippen MR) is 119 cm³/mol. The Morgan fingerprint density at radius 3 is 2.47 bits per heavy atom. The Balaban J connectivity index is 2.26. The van der Waals surface area contributed by atoms with E-state index in [9.17, 15) is 4.79 Å². The Bertz CT molecular complexity index is 1110. The van der Waals surface area contributed by atoms with Crippen molar-refractivity contribution in [3.8, 4) is 23.3 Å². The number of fused-ring (bicyclic) bond motifs is 1. The number of halogens is 1. The first-order chi connectivity index (χ1) is 15.5. The summed E-state index contributed by atoms with van der Waals surface area (Å²) in [5, 5.41) is 9.14. The van der Waals surface area contributed by atoms with Crippen molar-refractivity contribution in [2.75, 3.05) is 33.7 Å². The van der Waals surface area contributed by atoms with Crippen molar-refractivity contribution in [2.45, 2.75) is 6.42 Å². The molecule has 0 bridgehead atoms. The Morgan fingerprint density at radius 2 is 1.88 bits per heavy atom. The summed E-state index contributed by atoms with van der Waals surface area (Å²) in [7, 11) is 2.62. The number of methoxy groups -OCH3 is 2. The second-order valence-electron chi connectivity index (χ2n) is 6.36. The number of carbonyl (C=O) groups is 1. The van der Waals surface area contributed by atoms with E-state index in [1.165, 1.54) is 20.3 Å². The lowest BCUT2D eigenvalue weighted by Crippen LogP contribution is -2.17. The first-order valence-electron chi connectivity index (χ1n) is 9.48. The van der Waals surface area contributed by atoms with Crippen molar-refractivity contribution in [3.05, 3.63) is 47.3 Å². The maximum Gasteiger partial charge on any atom is 0.434 e. The molecule has 0 N–H and O–H groups in total. The molecule has 10 heteroatoms. The molecule has 2 aromatic carbocycles. The number of hydrogen-bond donors (Lipinski definition) is 0. The number of ether oxygens (including phenoxy) is 4. The van der Waals surface area contributed by atoms with Crippen LogP contribution < -0.4 is 14.2 Å². The van der Waals surface area contributed by atoms with Gasteiger partial charge in [0.05, 0.1) is 44.8 Å². The Morgan fingerprint density at radius 1 is 1.19 bits per heavy atom. The third-order valence-electron chi connectivity index (χ3n) is 4.40. The minimum Gasteiger partial charge on any atom is -0.493 e. The molecule has 166 valence electrons. The quantitative estimate of drug-likeness (QED) is 0.491. The van der Waals surface area contributed by atoms with E-state index in [1.54, 1.807) is 30.5 Å². The monoisotopic (exact) mass is 457 g/mol. The van der Waals surface area contributed by atoms with Crippen molar-refractivity contribution in [1.29, 1.82) is 5.26 Å². The van der Waals surface area contributed by atoms with E-state index >= 15 is 4.39 Å². The van der Waals surface area contributed by atoms with Crippen molar-refractivity contribution in [1.82, 2.24) is 0 Å². The van der Waals surface area contributed by atoms with Gasteiger partial charge in [0.25, 0.3) is 0 Å². The number of thioether (sulfide) groups is 1. The fourth-order valence-electron chi connectivity index (χ4n) is 2.88. The van der Waals surface area contributed by atoms with Gasteiger partial charge >= 0.3 is 6.09 Å². The highest BCUT2D eigenvalue weighted by atomic mass is 32.2. The molecule has 0 saturated carbocycles. The van der Waals surface area contributed by atoms with Gasteiger partial charge in [0.1, 0.15) is 10.8 Å². The largest absolute Gasteiger partial charge is 0.493 e. The first-order valence-corrected chi connectivity index (χ1v) is 10.7. The van der Waals surface area contributed by atoms with Gasteiger partial charge in [-0.25, -0.2) is 14.2 Å². The summed E-state index contributed by atoms with van der Waals surface area (Å²) in [4.78, 5) is 20.3. The number of rotatable bonds is 4. The van der Waals surface area contributed by atoms with E-state index in [0.29, 0.717) is 24.3 Å². The third-order valence-corrected chi connectivity index (χ3v) is 5.07. The average molecular weight is 457 g/mol. The summed E-state index contributed by atoms with van der Waals surface area (Å²) in [6.07, 6.45) is 1.40. The van der Waals surface area contributed by atoms with Crippen molar-refractivity contribution in [2.24, 2.45) is 9.98 Å². The highest BCUT2D eigenvalue weighted by Crippen LogP contribution is 2.43. The summed E-state index contributed by atoms with van der Waals surface area (Å²) < 4.78 is 36.9. The van der Waals surface area contributed by atoms with E-state index in [2.05, 4.69) is 14.7 Å². The van der Waals surface area contributed by atoms with Gasteiger partial charge in [0.15, 0.2) is 11.6 Å². The maximum absolute atomic E-state index is 15.7. The van der Waals surface area contributed by atoms with Gasteiger partial charge in [-0.15, -0.1) is 11.8 Å². The third kappa shape index (κ3) is 5.00. The zero-order valence-corrected chi connectivity index (χ0v) is 18.5. The lowest BCUT2D eigenvalue weighted by atomic mass is 10.1. The van der Waals surface area contributed by atoms with Crippen LogP contribution in [0.5, 0.6) is 17.2 Å². The molecule has 2 aromatic rings. The van der Waals surface area contributed by atoms with Gasteiger partial charge in [-0.3, -0.25) is 0 Å². The van der Waals surface area contributed by atoms with Crippen LogP contribution in [0.3, 0.4) is 0 Å². The van der Waals surface area contributed by atoms with E-state index in [4.69, 9.17) is 19.5 Å². The topological polar surface area (TPSA) is 103 Å².